The molecule has 0 aromatic heterocycles. The van der Waals surface area contributed by atoms with Gasteiger partial charge in [0.1, 0.15) is 0 Å². The third kappa shape index (κ3) is 4.36. The molecule has 0 N–H and O–H groups in total. The van der Waals surface area contributed by atoms with Gasteiger partial charge in [-0.25, -0.2) is 4.39 Å². The van der Waals surface area contributed by atoms with Crippen molar-refractivity contribution in [1.82, 2.24) is 4.90 Å². The van der Waals surface area contributed by atoms with Crippen molar-refractivity contribution in [2.45, 2.75) is 5.38 Å². The lowest BCUT2D eigenvalue weighted by Crippen LogP contribution is -2.34. The summed E-state index contributed by atoms with van der Waals surface area (Å²) in [5.74, 6) is -0.766. The number of ether oxygens (including phenoxy) is 2. The number of nitrogens with zero attached hydrogens (tertiary/aromatic N) is 1. The Hall–Kier alpha value is -1.33. The van der Waals surface area contributed by atoms with E-state index < -0.39 is 5.82 Å². The van der Waals surface area contributed by atoms with Gasteiger partial charge in [0, 0.05) is 26.3 Å². The van der Waals surface area contributed by atoms with Gasteiger partial charge in [-0.2, -0.15) is 0 Å². The topological polar surface area (TPSA) is 38.8 Å². The van der Waals surface area contributed by atoms with Gasteiger partial charge in [0.25, 0.3) is 5.91 Å². The predicted molar refractivity (Wildman–Crippen MR) is 71.4 cm³/mol. The number of benzene rings is 1. The molecule has 1 unspecified atom stereocenters. The van der Waals surface area contributed by atoms with Gasteiger partial charge in [-0.05, 0) is 18.2 Å². The third-order valence-electron chi connectivity index (χ3n) is 2.56. The van der Waals surface area contributed by atoms with Gasteiger partial charge in [0.05, 0.1) is 19.1 Å². The summed E-state index contributed by atoms with van der Waals surface area (Å²) >= 11 is 5.97. The van der Waals surface area contributed by atoms with E-state index in [-0.39, 0.29) is 22.6 Å². The first-order valence-electron chi connectivity index (χ1n) is 5.71. The van der Waals surface area contributed by atoms with Crippen LogP contribution in [0.1, 0.15) is 10.4 Å². The van der Waals surface area contributed by atoms with Crippen LogP contribution < -0.4 is 4.74 Å². The molecule has 0 aliphatic heterocycles. The van der Waals surface area contributed by atoms with Crippen LogP contribution in [0.3, 0.4) is 0 Å². The van der Waals surface area contributed by atoms with Crippen LogP contribution >= 0.6 is 11.6 Å². The molecule has 0 spiro atoms. The van der Waals surface area contributed by atoms with Crippen molar-refractivity contribution in [2.24, 2.45) is 0 Å². The van der Waals surface area contributed by atoms with E-state index in [9.17, 15) is 9.18 Å². The summed E-state index contributed by atoms with van der Waals surface area (Å²) in [6, 6.07) is 4.08. The number of carbonyl (C=O) groups excluding carboxylic acids is 1. The number of rotatable bonds is 6. The number of hydrogen-bond donors (Lipinski definition) is 0. The molecule has 0 heterocycles. The molecule has 0 aliphatic rings. The average Bonchev–Trinajstić information content (AvgIpc) is 2.37. The number of hydrogen-bond acceptors (Lipinski definition) is 3. The highest BCUT2D eigenvalue weighted by molar-refractivity contribution is 6.21. The Balaban J connectivity index is 2.74. The number of amides is 1. The summed E-state index contributed by atoms with van der Waals surface area (Å²) < 4.78 is 23.2. The van der Waals surface area contributed by atoms with Crippen molar-refractivity contribution in [1.29, 1.82) is 0 Å². The molecule has 1 atom stereocenters. The van der Waals surface area contributed by atoms with Crippen molar-refractivity contribution < 1.29 is 18.7 Å². The SMILES string of the molecule is COCC(Cl)CN(C)C(=O)c1ccc(OC)c(F)c1. The van der Waals surface area contributed by atoms with Crippen LogP contribution in [-0.2, 0) is 4.74 Å². The molecule has 0 saturated carbocycles. The summed E-state index contributed by atoms with van der Waals surface area (Å²) in [4.78, 5) is 13.5. The van der Waals surface area contributed by atoms with Crippen LogP contribution in [0.15, 0.2) is 18.2 Å². The second-order valence-electron chi connectivity index (χ2n) is 4.09. The van der Waals surface area contributed by atoms with Crippen molar-refractivity contribution in [3.05, 3.63) is 29.6 Å². The van der Waals surface area contributed by atoms with E-state index in [1.807, 2.05) is 0 Å². The van der Waals surface area contributed by atoms with Crippen molar-refractivity contribution >= 4 is 17.5 Å². The summed E-state index contributed by atoms with van der Waals surface area (Å²) in [6.07, 6.45) is 0. The van der Waals surface area contributed by atoms with Gasteiger partial charge >= 0.3 is 0 Å². The fourth-order valence-corrected chi connectivity index (χ4v) is 1.97. The molecule has 0 fully saturated rings. The molecule has 0 radical (unpaired) electrons. The lowest BCUT2D eigenvalue weighted by Gasteiger charge is -2.20. The molecular formula is C13H17ClFNO3. The Morgan fingerprint density at radius 3 is 2.68 bits per heavy atom. The highest BCUT2D eigenvalue weighted by Gasteiger charge is 2.17. The van der Waals surface area contributed by atoms with Gasteiger partial charge in [-0.15, -0.1) is 11.6 Å². The minimum absolute atomic E-state index is 0.105. The van der Waals surface area contributed by atoms with E-state index in [0.29, 0.717) is 13.2 Å². The molecule has 0 aliphatic carbocycles. The lowest BCUT2D eigenvalue weighted by molar-refractivity contribution is 0.0781. The number of methoxy groups -OCH3 is 2. The summed E-state index contributed by atoms with van der Waals surface area (Å²) in [6.45, 7) is 0.665. The molecule has 1 rings (SSSR count). The fourth-order valence-electron chi connectivity index (χ4n) is 1.63. The number of halogens is 2. The number of carbonyl (C=O) groups is 1. The fraction of sp³-hybridized carbons (Fsp3) is 0.462. The second-order valence-corrected chi connectivity index (χ2v) is 4.70. The molecule has 4 nitrogen and oxygen atoms in total. The maximum Gasteiger partial charge on any atom is 0.253 e. The Morgan fingerprint density at radius 2 is 2.16 bits per heavy atom. The third-order valence-corrected chi connectivity index (χ3v) is 2.83. The maximum atomic E-state index is 13.5. The smallest absolute Gasteiger partial charge is 0.253 e. The van der Waals surface area contributed by atoms with Crippen LogP contribution in [0.4, 0.5) is 4.39 Å². The van der Waals surface area contributed by atoms with Crippen molar-refractivity contribution in [2.75, 3.05) is 34.4 Å². The Bertz CT molecular complexity index is 442. The van der Waals surface area contributed by atoms with Gasteiger partial charge in [-0.1, -0.05) is 0 Å². The van der Waals surface area contributed by atoms with Crippen LogP contribution in [-0.4, -0.2) is 50.6 Å². The van der Waals surface area contributed by atoms with Gasteiger partial charge in [-0.3, -0.25) is 4.79 Å². The standard InChI is InChI=1S/C13H17ClFNO3/c1-16(7-10(14)8-18-2)13(17)9-4-5-12(19-3)11(15)6-9/h4-6,10H,7-8H2,1-3H3. The van der Waals surface area contributed by atoms with Gasteiger partial charge in [0.2, 0.25) is 0 Å². The zero-order chi connectivity index (χ0) is 14.4. The summed E-state index contributed by atoms with van der Waals surface area (Å²) in [7, 11) is 4.51. The van der Waals surface area contributed by atoms with Crippen LogP contribution in [0.25, 0.3) is 0 Å². The minimum atomic E-state index is -0.568. The molecule has 0 saturated heterocycles. The molecule has 1 aromatic rings. The highest BCUT2D eigenvalue weighted by atomic mass is 35.5. The molecule has 0 bridgehead atoms. The quantitative estimate of drug-likeness (QED) is 0.753. The van der Waals surface area contributed by atoms with Crippen LogP contribution in [0, 0.1) is 5.82 Å². The largest absolute Gasteiger partial charge is 0.494 e. The summed E-state index contributed by atoms with van der Waals surface area (Å²) in [5.41, 5.74) is 0.252. The van der Waals surface area contributed by atoms with Crippen molar-refractivity contribution in [3.8, 4) is 5.75 Å². The van der Waals surface area contributed by atoms with Crippen LogP contribution in [0.5, 0.6) is 5.75 Å². The zero-order valence-corrected chi connectivity index (χ0v) is 11.9. The Kier molecular flexibility index (Phi) is 6.05. The van der Waals surface area contributed by atoms with Gasteiger partial charge < -0.3 is 14.4 Å². The predicted octanol–water partition coefficient (Wildman–Crippen LogP) is 2.16. The molecule has 1 aromatic carbocycles. The molecule has 106 valence electrons. The second kappa shape index (κ2) is 7.31. The van der Waals surface area contributed by atoms with E-state index >= 15 is 0 Å². The first-order valence-corrected chi connectivity index (χ1v) is 6.15. The highest BCUT2D eigenvalue weighted by Crippen LogP contribution is 2.18. The van der Waals surface area contributed by atoms with E-state index in [1.165, 1.54) is 31.3 Å². The zero-order valence-electron chi connectivity index (χ0n) is 11.2. The average molecular weight is 290 g/mol. The first kappa shape index (κ1) is 15.7. The molecule has 1 amide bonds. The lowest BCUT2D eigenvalue weighted by atomic mass is 10.2. The van der Waals surface area contributed by atoms with Gasteiger partial charge in [0.15, 0.2) is 11.6 Å². The summed E-state index contributed by atoms with van der Waals surface area (Å²) in [5, 5.41) is -0.304. The normalized spacial score (nSPS) is 12.1. The Morgan fingerprint density at radius 1 is 1.47 bits per heavy atom. The molecule has 6 heteroatoms. The maximum absolute atomic E-state index is 13.5. The Labute approximate surface area is 117 Å². The van der Waals surface area contributed by atoms with E-state index in [4.69, 9.17) is 21.1 Å². The minimum Gasteiger partial charge on any atom is -0.494 e. The van der Waals surface area contributed by atoms with E-state index in [0.717, 1.165) is 6.07 Å². The molecular weight excluding hydrogens is 273 g/mol. The van der Waals surface area contributed by atoms with E-state index in [2.05, 4.69) is 0 Å². The monoisotopic (exact) mass is 289 g/mol. The van der Waals surface area contributed by atoms with E-state index in [1.54, 1.807) is 7.05 Å². The molecule has 19 heavy (non-hydrogen) atoms. The number of alkyl halides is 1. The van der Waals surface area contributed by atoms with Crippen molar-refractivity contribution in [3.63, 3.8) is 0 Å². The first-order chi connectivity index (χ1) is 8.99. The van der Waals surface area contributed by atoms with Crippen LogP contribution in [0.2, 0.25) is 0 Å².